The summed E-state index contributed by atoms with van der Waals surface area (Å²) >= 11 is 0. The second-order valence-electron chi connectivity index (χ2n) is 4.71. The van der Waals surface area contributed by atoms with Crippen LogP contribution in [-0.4, -0.2) is 27.5 Å². The zero-order chi connectivity index (χ0) is 17.5. The highest BCUT2D eigenvalue weighted by Crippen LogP contribution is 2.26. The largest absolute Gasteiger partial charge is 0.796 e. The molecule has 2 aromatic carbocycles. The van der Waals surface area contributed by atoms with Crippen molar-refractivity contribution >= 4 is 19.3 Å². The molecule has 7 heteroatoms. The first-order valence-electron chi connectivity index (χ1n) is 7.03. The van der Waals surface area contributed by atoms with Crippen LogP contribution in [0, 0.1) is 0 Å². The molecule has 24 heavy (non-hydrogen) atoms. The number of benzene rings is 2. The van der Waals surface area contributed by atoms with E-state index in [0.29, 0.717) is 11.5 Å². The first-order valence-corrected chi connectivity index (χ1v) is 7.03. The zero-order valence-electron chi connectivity index (χ0n) is 13.2. The van der Waals surface area contributed by atoms with Gasteiger partial charge in [0.15, 0.2) is 5.78 Å². The van der Waals surface area contributed by atoms with Gasteiger partial charge >= 0.3 is 7.47 Å². The number of carbonyl (C=O) groups is 1. The Morgan fingerprint density at radius 1 is 1.00 bits per heavy atom. The Kier molecular flexibility index (Phi) is 5.95. The van der Waals surface area contributed by atoms with Gasteiger partial charge in [-0.25, -0.2) is 8.63 Å². The van der Waals surface area contributed by atoms with Crippen LogP contribution < -0.4 is 14.1 Å². The molecule has 0 N–H and O–H groups in total. The van der Waals surface area contributed by atoms with Gasteiger partial charge in [-0.1, -0.05) is 18.2 Å². The SMILES string of the molecule is COc1ccc(/C=C/C(=O)c2ccc(OC)cc2OB(F)F)cc1. The summed E-state index contributed by atoms with van der Waals surface area (Å²) in [7, 11) is -0.0796. The van der Waals surface area contributed by atoms with Gasteiger partial charge < -0.3 is 14.1 Å². The number of hydrogen-bond donors (Lipinski definition) is 0. The summed E-state index contributed by atoms with van der Waals surface area (Å²) in [5, 5.41) is 0. The number of methoxy groups -OCH3 is 2. The monoisotopic (exact) mass is 332 g/mol. The summed E-state index contributed by atoms with van der Waals surface area (Å²) < 4.78 is 39.4. The Hall–Kier alpha value is -2.83. The molecule has 0 radical (unpaired) electrons. The van der Waals surface area contributed by atoms with E-state index in [9.17, 15) is 13.4 Å². The second kappa shape index (κ2) is 8.15. The molecule has 0 saturated carbocycles. The minimum atomic E-state index is -3.03. The van der Waals surface area contributed by atoms with Gasteiger partial charge in [0.25, 0.3) is 0 Å². The lowest BCUT2D eigenvalue weighted by atomic mass is 10.1. The van der Waals surface area contributed by atoms with Crippen molar-refractivity contribution in [2.75, 3.05) is 14.2 Å². The zero-order valence-corrected chi connectivity index (χ0v) is 13.2. The lowest BCUT2D eigenvalue weighted by Crippen LogP contribution is -2.11. The van der Waals surface area contributed by atoms with Crippen LogP contribution in [0.15, 0.2) is 48.5 Å². The fraction of sp³-hybridized carbons (Fsp3) is 0.118. The van der Waals surface area contributed by atoms with E-state index in [1.807, 2.05) is 0 Å². The predicted octanol–water partition coefficient (Wildman–Crippen LogP) is 3.90. The standard InChI is InChI=1S/C17H15BF2O4/c1-22-13-6-3-12(4-7-13)5-10-16(21)15-9-8-14(23-2)11-17(15)24-18(19)20/h3-11H,1-2H3/b10-5+. The lowest BCUT2D eigenvalue weighted by Gasteiger charge is -2.09. The maximum Gasteiger partial charge on any atom is 0.796 e. The minimum absolute atomic E-state index is 0.0286. The molecule has 0 amide bonds. The molecule has 0 aliphatic rings. The van der Waals surface area contributed by atoms with E-state index in [-0.39, 0.29) is 11.3 Å². The third kappa shape index (κ3) is 4.58. The van der Waals surface area contributed by atoms with Gasteiger partial charge in [-0.3, -0.25) is 4.79 Å². The average Bonchev–Trinajstić information content (AvgIpc) is 2.59. The quantitative estimate of drug-likeness (QED) is 0.438. The van der Waals surface area contributed by atoms with Gasteiger partial charge in [0, 0.05) is 6.07 Å². The van der Waals surface area contributed by atoms with Gasteiger partial charge in [0.05, 0.1) is 19.8 Å². The molecule has 0 unspecified atom stereocenters. The smallest absolute Gasteiger partial charge is 0.504 e. The van der Waals surface area contributed by atoms with Crippen molar-refractivity contribution < 1.29 is 27.6 Å². The van der Waals surface area contributed by atoms with E-state index < -0.39 is 13.3 Å². The molecule has 0 aromatic heterocycles. The molecule has 0 spiro atoms. The van der Waals surface area contributed by atoms with E-state index in [1.165, 1.54) is 31.4 Å². The summed E-state index contributed by atoms with van der Waals surface area (Å²) in [6.45, 7) is 0. The number of ketones is 1. The molecule has 0 atom stereocenters. The Morgan fingerprint density at radius 2 is 1.62 bits per heavy atom. The first kappa shape index (κ1) is 17.5. The molecule has 2 aromatic rings. The number of halogens is 2. The Bertz CT molecular complexity index is 730. The number of carbonyl (C=O) groups excluding carboxylic acids is 1. The van der Waals surface area contributed by atoms with E-state index in [2.05, 4.69) is 4.65 Å². The van der Waals surface area contributed by atoms with Gasteiger partial charge in [-0.2, -0.15) is 0 Å². The Labute approximate surface area is 138 Å². The van der Waals surface area contributed by atoms with Crippen LogP contribution in [0.3, 0.4) is 0 Å². The van der Waals surface area contributed by atoms with Crippen molar-refractivity contribution in [2.24, 2.45) is 0 Å². The Balaban J connectivity index is 2.22. The van der Waals surface area contributed by atoms with E-state index in [1.54, 1.807) is 37.5 Å². The van der Waals surface area contributed by atoms with Crippen molar-refractivity contribution in [3.63, 3.8) is 0 Å². The van der Waals surface area contributed by atoms with Gasteiger partial charge in [-0.05, 0) is 35.9 Å². The molecule has 0 aliphatic heterocycles. The highest BCUT2D eigenvalue weighted by atomic mass is 19.2. The molecule has 0 bridgehead atoms. The molecule has 0 aliphatic carbocycles. The summed E-state index contributed by atoms with van der Waals surface area (Å²) in [5.74, 6) is 0.334. The topological polar surface area (TPSA) is 44.8 Å². The summed E-state index contributed by atoms with van der Waals surface area (Å²) in [6.07, 6.45) is 2.88. The molecular weight excluding hydrogens is 317 g/mol. The predicted molar refractivity (Wildman–Crippen MR) is 88.0 cm³/mol. The van der Waals surface area contributed by atoms with Crippen LogP contribution in [0.25, 0.3) is 6.08 Å². The number of rotatable bonds is 7. The van der Waals surface area contributed by atoms with Gasteiger partial charge in [0.2, 0.25) is 0 Å². The van der Waals surface area contributed by atoms with E-state index in [0.717, 1.165) is 5.56 Å². The van der Waals surface area contributed by atoms with Crippen molar-refractivity contribution in [3.8, 4) is 17.2 Å². The molecule has 0 fully saturated rings. The highest BCUT2D eigenvalue weighted by molar-refractivity contribution is 6.35. The Morgan fingerprint density at radius 3 is 2.21 bits per heavy atom. The normalized spacial score (nSPS) is 10.5. The molecule has 2 rings (SSSR count). The molecular formula is C17H15BF2O4. The van der Waals surface area contributed by atoms with E-state index >= 15 is 0 Å². The summed E-state index contributed by atoms with van der Waals surface area (Å²) in [5.41, 5.74) is 0.801. The van der Waals surface area contributed by atoms with Gasteiger partial charge in [0.1, 0.15) is 17.2 Å². The summed E-state index contributed by atoms with van der Waals surface area (Å²) in [4.78, 5) is 12.3. The number of hydrogen-bond acceptors (Lipinski definition) is 4. The highest BCUT2D eigenvalue weighted by Gasteiger charge is 2.22. The van der Waals surface area contributed by atoms with Crippen molar-refractivity contribution in [3.05, 3.63) is 59.7 Å². The maximum absolute atomic E-state index is 12.5. The average molecular weight is 332 g/mol. The van der Waals surface area contributed by atoms with Crippen LogP contribution in [-0.2, 0) is 0 Å². The van der Waals surface area contributed by atoms with Crippen LogP contribution in [0.2, 0.25) is 0 Å². The van der Waals surface area contributed by atoms with Crippen LogP contribution in [0.5, 0.6) is 17.2 Å². The van der Waals surface area contributed by atoms with Crippen LogP contribution in [0.1, 0.15) is 15.9 Å². The first-order chi connectivity index (χ1) is 11.5. The lowest BCUT2D eigenvalue weighted by molar-refractivity contribution is 0.104. The molecule has 0 heterocycles. The maximum atomic E-state index is 12.5. The van der Waals surface area contributed by atoms with Crippen molar-refractivity contribution in [2.45, 2.75) is 0 Å². The summed E-state index contributed by atoms with van der Waals surface area (Å²) in [6, 6.07) is 11.2. The van der Waals surface area contributed by atoms with Crippen LogP contribution in [0.4, 0.5) is 8.63 Å². The third-order valence-electron chi connectivity index (χ3n) is 3.21. The van der Waals surface area contributed by atoms with Crippen molar-refractivity contribution in [1.29, 1.82) is 0 Å². The fourth-order valence-corrected chi connectivity index (χ4v) is 2.00. The van der Waals surface area contributed by atoms with Crippen molar-refractivity contribution in [1.82, 2.24) is 0 Å². The molecule has 0 saturated heterocycles. The van der Waals surface area contributed by atoms with E-state index in [4.69, 9.17) is 9.47 Å². The number of ether oxygens (including phenoxy) is 2. The molecule has 4 nitrogen and oxygen atoms in total. The second-order valence-corrected chi connectivity index (χ2v) is 4.71. The van der Waals surface area contributed by atoms with Crippen LogP contribution >= 0.6 is 0 Å². The molecule has 124 valence electrons. The fourth-order valence-electron chi connectivity index (χ4n) is 2.00. The van der Waals surface area contributed by atoms with Gasteiger partial charge in [-0.15, -0.1) is 0 Å². The third-order valence-corrected chi connectivity index (χ3v) is 3.21. The number of allylic oxidation sites excluding steroid dienone is 1. The minimum Gasteiger partial charge on any atom is -0.504 e.